The van der Waals surface area contributed by atoms with Crippen LogP contribution in [0.15, 0.2) is 54.4 Å². The molecule has 1 saturated heterocycles. The molecule has 4 rings (SSSR count). The van der Waals surface area contributed by atoms with E-state index in [1.165, 1.54) is 35.2 Å². The van der Waals surface area contributed by atoms with Gasteiger partial charge < -0.3 is 15.4 Å². The van der Waals surface area contributed by atoms with Crippen LogP contribution < -0.4 is 20.1 Å². The Labute approximate surface area is 239 Å². The predicted octanol–water partition coefficient (Wildman–Crippen LogP) is 5.20. The van der Waals surface area contributed by atoms with Crippen LogP contribution >= 0.6 is 23.5 Å². The van der Waals surface area contributed by atoms with E-state index in [0.29, 0.717) is 16.7 Å². The smallest absolute Gasteiger partial charge is 0.394 e. The van der Waals surface area contributed by atoms with Crippen molar-refractivity contribution in [2.75, 3.05) is 13.2 Å². The molecule has 216 valence electrons. The molecule has 14 heteroatoms. The Kier molecular flexibility index (Phi) is 8.86. The molecule has 0 aromatic carbocycles. The first-order valence-electron chi connectivity index (χ1n) is 12.6. The number of carbonyl (C=O) groups is 1. The average molecular weight is 598 g/mol. The van der Waals surface area contributed by atoms with Gasteiger partial charge in [-0.3, -0.25) is 9.52 Å². The Morgan fingerprint density at radius 2 is 2.12 bits per heavy atom. The zero-order valence-electron chi connectivity index (χ0n) is 22.1. The molecule has 1 atom stereocenters. The minimum atomic E-state index is -4.22. The highest BCUT2D eigenvalue weighted by Gasteiger charge is 2.62. The summed E-state index contributed by atoms with van der Waals surface area (Å²) in [7, 11) is 0. The summed E-state index contributed by atoms with van der Waals surface area (Å²) in [5, 5.41) is 11.2. The second-order valence-electron chi connectivity index (χ2n) is 10.4. The van der Waals surface area contributed by atoms with Crippen LogP contribution in [0.2, 0.25) is 5.15 Å². The summed E-state index contributed by atoms with van der Waals surface area (Å²) in [6, 6.07) is 4.74. The number of alkyl halides is 3. The molecule has 40 heavy (non-hydrogen) atoms. The van der Waals surface area contributed by atoms with Crippen LogP contribution in [0.5, 0.6) is 5.88 Å². The number of nitrogens with one attached hydrogen (secondary N) is 3. The van der Waals surface area contributed by atoms with Crippen LogP contribution in [0.3, 0.4) is 0 Å². The Hall–Kier alpha value is -3.03. The van der Waals surface area contributed by atoms with Gasteiger partial charge in [0.05, 0.1) is 17.6 Å². The number of rotatable bonds is 10. The zero-order chi connectivity index (χ0) is 29.1. The lowest BCUT2D eigenvalue weighted by Crippen LogP contribution is -2.31. The van der Waals surface area contributed by atoms with Gasteiger partial charge in [-0.1, -0.05) is 24.8 Å². The summed E-state index contributed by atoms with van der Waals surface area (Å²) >= 11 is 7.24. The molecule has 2 fully saturated rings. The van der Waals surface area contributed by atoms with Crippen molar-refractivity contribution in [3.05, 3.63) is 60.2 Å². The molecule has 3 heterocycles. The van der Waals surface area contributed by atoms with Crippen LogP contribution in [-0.4, -0.2) is 56.6 Å². The molecule has 1 aliphatic heterocycles. The number of pyridine rings is 1. The molecular weight excluding hydrogens is 567 g/mol. The van der Waals surface area contributed by atoms with Crippen LogP contribution in [0.25, 0.3) is 5.82 Å². The first-order valence-corrected chi connectivity index (χ1v) is 13.8. The van der Waals surface area contributed by atoms with Gasteiger partial charge in [-0.05, 0) is 57.7 Å². The number of hydrogen-bond donors (Lipinski definition) is 3. The number of ether oxygens (including phenoxy) is 1. The van der Waals surface area contributed by atoms with Crippen molar-refractivity contribution >= 4 is 34.5 Å². The maximum Gasteiger partial charge on any atom is 0.394 e. The van der Waals surface area contributed by atoms with Gasteiger partial charge in [0.2, 0.25) is 5.88 Å². The van der Waals surface area contributed by atoms with Crippen molar-refractivity contribution in [3.8, 4) is 11.7 Å². The molecule has 2 aliphatic rings. The SMILES string of the molecule is C=C/C(=N\C(=C)NC1CNC(C)(C)C1)SNC(=O)c1ccc(-n2ccc(OCCC3(C(F)(F)F)CC3)n2)nc1Cl. The van der Waals surface area contributed by atoms with Gasteiger partial charge in [0.15, 0.2) is 5.82 Å². The summed E-state index contributed by atoms with van der Waals surface area (Å²) in [4.78, 5) is 21.3. The highest BCUT2D eigenvalue weighted by atomic mass is 35.5. The Balaban J connectivity index is 1.29. The molecule has 1 amide bonds. The average Bonchev–Trinajstić information content (AvgIpc) is 3.41. The number of amides is 1. The fourth-order valence-corrected chi connectivity index (χ4v) is 5.12. The summed E-state index contributed by atoms with van der Waals surface area (Å²) in [5.41, 5.74) is -1.46. The van der Waals surface area contributed by atoms with Gasteiger partial charge in [0, 0.05) is 42.3 Å². The molecule has 0 spiro atoms. The molecule has 2 aromatic rings. The first kappa shape index (κ1) is 29.9. The number of aliphatic imine (C=N–C) groups is 1. The monoisotopic (exact) mass is 597 g/mol. The van der Waals surface area contributed by atoms with Crippen LogP contribution in [-0.2, 0) is 0 Å². The predicted molar refractivity (Wildman–Crippen MR) is 150 cm³/mol. The molecule has 1 aliphatic carbocycles. The van der Waals surface area contributed by atoms with Gasteiger partial charge in [0.1, 0.15) is 16.0 Å². The van der Waals surface area contributed by atoms with E-state index in [2.05, 4.69) is 57.4 Å². The third kappa shape index (κ3) is 7.38. The minimum absolute atomic E-state index is 0.0428. The quantitative estimate of drug-likeness (QED) is 0.150. The van der Waals surface area contributed by atoms with Crippen molar-refractivity contribution in [2.24, 2.45) is 10.4 Å². The van der Waals surface area contributed by atoms with E-state index in [1.807, 2.05) is 0 Å². The van der Waals surface area contributed by atoms with Crippen LogP contribution in [0.4, 0.5) is 13.2 Å². The van der Waals surface area contributed by atoms with E-state index in [1.54, 1.807) is 0 Å². The van der Waals surface area contributed by atoms with Crippen molar-refractivity contribution in [1.29, 1.82) is 0 Å². The second-order valence-corrected chi connectivity index (χ2v) is 11.6. The van der Waals surface area contributed by atoms with E-state index < -0.39 is 17.5 Å². The Bertz CT molecular complexity index is 1310. The summed E-state index contributed by atoms with van der Waals surface area (Å²) in [5.74, 6) is 0.430. The fraction of sp³-hybridized carbons (Fsp3) is 0.462. The molecule has 1 unspecified atom stereocenters. The lowest BCUT2D eigenvalue weighted by molar-refractivity contribution is -0.190. The fourth-order valence-electron chi connectivity index (χ4n) is 4.34. The second kappa shape index (κ2) is 11.8. The molecule has 9 nitrogen and oxygen atoms in total. The maximum atomic E-state index is 13.1. The number of carbonyl (C=O) groups excluding carboxylic acids is 1. The molecule has 2 aromatic heterocycles. The third-order valence-corrected chi connectivity index (χ3v) is 7.83. The highest BCUT2D eigenvalue weighted by Crippen LogP contribution is 2.59. The lowest BCUT2D eigenvalue weighted by atomic mass is 10.0. The van der Waals surface area contributed by atoms with E-state index in [0.717, 1.165) is 24.9 Å². The number of aromatic nitrogens is 3. The zero-order valence-corrected chi connectivity index (χ0v) is 23.7. The van der Waals surface area contributed by atoms with Crippen LogP contribution in [0, 0.1) is 5.41 Å². The van der Waals surface area contributed by atoms with Gasteiger partial charge in [0.25, 0.3) is 5.91 Å². The first-order chi connectivity index (χ1) is 18.8. The topological polar surface area (TPSA) is 105 Å². The Morgan fingerprint density at radius 1 is 1.38 bits per heavy atom. The normalized spacial score (nSPS) is 19.6. The number of halogens is 4. The Morgan fingerprint density at radius 3 is 2.73 bits per heavy atom. The molecule has 1 saturated carbocycles. The van der Waals surface area contributed by atoms with E-state index in [9.17, 15) is 18.0 Å². The van der Waals surface area contributed by atoms with Gasteiger partial charge in [-0.2, -0.15) is 13.2 Å². The van der Waals surface area contributed by atoms with Gasteiger partial charge in [-0.15, -0.1) is 5.10 Å². The molecule has 0 radical (unpaired) electrons. The van der Waals surface area contributed by atoms with Gasteiger partial charge >= 0.3 is 6.18 Å². The maximum absolute atomic E-state index is 13.1. The number of nitrogens with zero attached hydrogens (tertiary/aromatic N) is 4. The summed E-state index contributed by atoms with van der Waals surface area (Å²) in [6.07, 6.45) is -0.126. The third-order valence-electron chi connectivity index (χ3n) is 6.79. The minimum Gasteiger partial charge on any atom is -0.477 e. The van der Waals surface area contributed by atoms with Gasteiger partial charge in [-0.25, -0.2) is 14.7 Å². The van der Waals surface area contributed by atoms with Crippen molar-refractivity contribution in [1.82, 2.24) is 30.1 Å². The summed E-state index contributed by atoms with van der Waals surface area (Å²) < 4.78 is 48.7. The van der Waals surface area contributed by atoms with E-state index in [-0.39, 0.29) is 54.0 Å². The van der Waals surface area contributed by atoms with Crippen molar-refractivity contribution in [3.63, 3.8) is 0 Å². The van der Waals surface area contributed by atoms with E-state index in [4.69, 9.17) is 16.3 Å². The highest BCUT2D eigenvalue weighted by molar-refractivity contribution is 8.13. The van der Waals surface area contributed by atoms with Crippen LogP contribution in [0.1, 0.15) is 49.9 Å². The number of hydrogen-bond acceptors (Lipinski definition) is 8. The van der Waals surface area contributed by atoms with Crippen molar-refractivity contribution in [2.45, 2.75) is 57.3 Å². The standard InChI is InChI=1S/C26H31ClF3N7O2S/c1-5-21(33-16(2)32-17-14-24(3,4)31-15-17)40-36-23(38)18-6-7-19(34-22(18)27)37-12-8-20(35-37)39-13-11-25(9-10-25)26(28,29)30/h5-8,12,17,31-32H,1-2,9-11,13-15H2,3-4H3,(H,36,38)/b33-21+. The van der Waals surface area contributed by atoms with Crippen molar-refractivity contribution < 1.29 is 22.7 Å². The summed E-state index contributed by atoms with van der Waals surface area (Å²) in [6.45, 7) is 12.6. The molecule has 0 bridgehead atoms. The molecule has 3 N–H and O–H groups in total. The lowest BCUT2D eigenvalue weighted by Gasteiger charge is -2.18. The van der Waals surface area contributed by atoms with E-state index >= 15 is 0 Å². The molecular formula is C26H31ClF3N7O2S. The largest absolute Gasteiger partial charge is 0.477 e.